The lowest BCUT2D eigenvalue weighted by Crippen LogP contribution is -2.27. The van der Waals surface area contributed by atoms with Crippen LogP contribution in [0.25, 0.3) is 0 Å². The first-order valence-corrected chi connectivity index (χ1v) is 5.12. The van der Waals surface area contributed by atoms with Crippen molar-refractivity contribution in [3.63, 3.8) is 0 Å². The fourth-order valence-electron chi connectivity index (χ4n) is 1.05. The van der Waals surface area contributed by atoms with Gasteiger partial charge in [-0.1, -0.05) is 0 Å². The molecule has 1 atom stereocenters. The van der Waals surface area contributed by atoms with Crippen molar-refractivity contribution < 1.29 is 9.90 Å². The van der Waals surface area contributed by atoms with Gasteiger partial charge in [-0.15, -0.1) is 0 Å². The summed E-state index contributed by atoms with van der Waals surface area (Å²) in [4.78, 5) is 13.2. The van der Waals surface area contributed by atoms with Crippen LogP contribution in [0.5, 0.6) is 0 Å². The highest BCUT2D eigenvalue weighted by atomic mass is 16.3. The van der Waals surface area contributed by atoms with Gasteiger partial charge in [-0.2, -0.15) is 0 Å². The van der Waals surface area contributed by atoms with Gasteiger partial charge in [-0.05, 0) is 40.4 Å². The van der Waals surface area contributed by atoms with Crippen LogP contribution in [0.15, 0.2) is 0 Å². The molecule has 0 heterocycles. The van der Waals surface area contributed by atoms with E-state index in [-0.39, 0.29) is 12.0 Å². The van der Waals surface area contributed by atoms with Gasteiger partial charge in [0, 0.05) is 13.0 Å². The maximum atomic E-state index is 11.2. The number of aliphatic hydroxyl groups is 1. The van der Waals surface area contributed by atoms with E-state index >= 15 is 0 Å². The fourth-order valence-corrected chi connectivity index (χ4v) is 1.05. The van der Waals surface area contributed by atoms with Gasteiger partial charge < -0.3 is 15.3 Å². The van der Waals surface area contributed by atoms with E-state index < -0.39 is 0 Å². The van der Waals surface area contributed by atoms with Crippen molar-refractivity contribution in [2.45, 2.75) is 32.3 Å². The van der Waals surface area contributed by atoms with Crippen LogP contribution >= 0.6 is 0 Å². The summed E-state index contributed by atoms with van der Waals surface area (Å²) in [5, 5.41) is 11.8. The smallest absolute Gasteiger partial charge is 0.220 e. The van der Waals surface area contributed by atoms with Gasteiger partial charge in [0.1, 0.15) is 0 Å². The molecule has 0 radical (unpaired) electrons. The Kier molecular flexibility index (Phi) is 7.42. The molecule has 0 bridgehead atoms. The lowest BCUT2D eigenvalue weighted by molar-refractivity contribution is -0.121. The van der Waals surface area contributed by atoms with Gasteiger partial charge in [0.25, 0.3) is 0 Å². The lowest BCUT2D eigenvalue weighted by atomic mass is 10.2. The quantitative estimate of drug-likeness (QED) is 0.580. The molecule has 4 nitrogen and oxygen atoms in total. The highest BCUT2D eigenvalue weighted by Crippen LogP contribution is 1.94. The normalized spacial score (nSPS) is 12.9. The number of amides is 1. The molecule has 0 fully saturated rings. The summed E-state index contributed by atoms with van der Waals surface area (Å²) in [6, 6.07) is 0. The van der Waals surface area contributed by atoms with Crippen molar-refractivity contribution in [1.29, 1.82) is 0 Å². The molecule has 0 aromatic heterocycles. The van der Waals surface area contributed by atoms with Crippen LogP contribution in [-0.4, -0.2) is 49.2 Å². The summed E-state index contributed by atoms with van der Waals surface area (Å²) in [7, 11) is 4.02. The molecule has 0 saturated heterocycles. The first-order valence-electron chi connectivity index (χ1n) is 5.12. The van der Waals surface area contributed by atoms with E-state index in [1.54, 1.807) is 6.92 Å². The third kappa shape index (κ3) is 9.48. The lowest BCUT2D eigenvalue weighted by Gasteiger charge is -2.10. The number of nitrogens with zero attached hydrogens (tertiary/aromatic N) is 1. The minimum absolute atomic E-state index is 0.0321. The van der Waals surface area contributed by atoms with Gasteiger partial charge in [0.15, 0.2) is 0 Å². The molecule has 0 aliphatic rings. The molecule has 0 aliphatic carbocycles. The second-order valence-electron chi connectivity index (χ2n) is 3.89. The Morgan fingerprint density at radius 2 is 2.14 bits per heavy atom. The van der Waals surface area contributed by atoms with E-state index in [2.05, 4.69) is 10.2 Å². The first-order chi connectivity index (χ1) is 6.52. The maximum Gasteiger partial charge on any atom is 0.220 e. The minimum atomic E-state index is -0.387. The number of rotatable bonds is 7. The van der Waals surface area contributed by atoms with Gasteiger partial charge >= 0.3 is 0 Å². The Balaban J connectivity index is 3.27. The van der Waals surface area contributed by atoms with Gasteiger partial charge in [-0.3, -0.25) is 4.79 Å². The largest absolute Gasteiger partial charge is 0.393 e. The van der Waals surface area contributed by atoms with Crippen LogP contribution in [0.1, 0.15) is 26.2 Å². The fraction of sp³-hybridized carbons (Fsp3) is 0.900. The van der Waals surface area contributed by atoms with Crippen LogP contribution in [0.2, 0.25) is 0 Å². The van der Waals surface area contributed by atoms with Crippen molar-refractivity contribution >= 4 is 5.91 Å². The van der Waals surface area contributed by atoms with Crippen LogP contribution in [0, 0.1) is 0 Å². The van der Waals surface area contributed by atoms with Gasteiger partial charge in [-0.25, -0.2) is 0 Å². The molecule has 0 spiro atoms. The molecule has 0 saturated carbocycles. The second kappa shape index (κ2) is 7.76. The van der Waals surface area contributed by atoms with E-state index in [1.165, 1.54) is 0 Å². The van der Waals surface area contributed by atoms with Gasteiger partial charge in [0.2, 0.25) is 5.91 Å². The zero-order chi connectivity index (χ0) is 11.0. The molecule has 2 N–H and O–H groups in total. The molecule has 4 heteroatoms. The third-order valence-electron chi connectivity index (χ3n) is 1.89. The first kappa shape index (κ1) is 13.4. The standard InChI is InChI=1S/C10H22N2O2/c1-9(13)5-6-10(14)11-7-4-8-12(2)3/h9,13H,4-8H2,1-3H3,(H,11,14). The highest BCUT2D eigenvalue weighted by Gasteiger charge is 2.02. The SMILES string of the molecule is CC(O)CCC(=O)NCCCN(C)C. The Morgan fingerprint density at radius 1 is 1.50 bits per heavy atom. The zero-order valence-electron chi connectivity index (χ0n) is 9.42. The van der Waals surface area contributed by atoms with Crippen LogP contribution < -0.4 is 5.32 Å². The second-order valence-corrected chi connectivity index (χ2v) is 3.89. The Labute approximate surface area is 86.3 Å². The summed E-state index contributed by atoms with van der Waals surface area (Å²) >= 11 is 0. The third-order valence-corrected chi connectivity index (χ3v) is 1.89. The zero-order valence-corrected chi connectivity index (χ0v) is 9.42. The van der Waals surface area contributed by atoms with E-state index in [0.29, 0.717) is 12.8 Å². The molecule has 0 aliphatic heterocycles. The van der Waals surface area contributed by atoms with Crippen molar-refractivity contribution in [3.05, 3.63) is 0 Å². The topological polar surface area (TPSA) is 52.6 Å². The molecule has 0 aromatic rings. The van der Waals surface area contributed by atoms with Crippen LogP contribution in [-0.2, 0) is 4.79 Å². The number of carbonyl (C=O) groups excluding carboxylic acids is 1. The summed E-state index contributed by atoms with van der Waals surface area (Å²) in [5.41, 5.74) is 0. The molecular weight excluding hydrogens is 180 g/mol. The Morgan fingerprint density at radius 3 is 2.64 bits per heavy atom. The Bertz CT molecular complexity index is 158. The maximum absolute atomic E-state index is 11.2. The number of hydrogen-bond donors (Lipinski definition) is 2. The van der Waals surface area contributed by atoms with E-state index in [1.807, 2.05) is 14.1 Å². The number of nitrogens with one attached hydrogen (secondary N) is 1. The number of aliphatic hydroxyl groups excluding tert-OH is 1. The molecule has 0 rings (SSSR count). The van der Waals surface area contributed by atoms with E-state index in [4.69, 9.17) is 5.11 Å². The van der Waals surface area contributed by atoms with Crippen LogP contribution in [0.3, 0.4) is 0 Å². The molecule has 1 unspecified atom stereocenters. The van der Waals surface area contributed by atoms with Crippen molar-refractivity contribution in [1.82, 2.24) is 10.2 Å². The molecule has 0 aromatic carbocycles. The molecular formula is C10H22N2O2. The number of carbonyl (C=O) groups is 1. The summed E-state index contributed by atoms with van der Waals surface area (Å²) in [5.74, 6) is 0.0321. The highest BCUT2D eigenvalue weighted by molar-refractivity contribution is 5.75. The van der Waals surface area contributed by atoms with E-state index in [9.17, 15) is 4.79 Å². The summed E-state index contributed by atoms with van der Waals surface area (Å²) in [6.45, 7) is 3.40. The van der Waals surface area contributed by atoms with Crippen LogP contribution in [0.4, 0.5) is 0 Å². The minimum Gasteiger partial charge on any atom is -0.393 e. The predicted octanol–water partition coefficient (Wildman–Crippen LogP) is 0.215. The van der Waals surface area contributed by atoms with Gasteiger partial charge in [0.05, 0.1) is 6.10 Å². The van der Waals surface area contributed by atoms with Crippen molar-refractivity contribution in [2.24, 2.45) is 0 Å². The summed E-state index contributed by atoms with van der Waals surface area (Å²) < 4.78 is 0. The Hall–Kier alpha value is -0.610. The number of hydrogen-bond acceptors (Lipinski definition) is 3. The summed E-state index contributed by atoms with van der Waals surface area (Å²) in [6.07, 6.45) is 1.54. The monoisotopic (exact) mass is 202 g/mol. The molecule has 1 amide bonds. The van der Waals surface area contributed by atoms with Crippen molar-refractivity contribution in [3.8, 4) is 0 Å². The van der Waals surface area contributed by atoms with Crippen molar-refractivity contribution in [2.75, 3.05) is 27.2 Å². The molecule has 14 heavy (non-hydrogen) atoms. The van der Waals surface area contributed by atoms with E-state index in [0.717, 1.165) is 19.5 Å². The average molecular weight is 202 g/mol. The average Bonchev–Trinajstić information content (AvgIpc) is 2.08. The predicted molar refractivity (Wildman–Crippen MR) is 57.1 cm³/mol. The molecule has 84 valence electrons.